The van der Waals surface area contributed by atoms with Crippen molar-refractivity contribution in [2.45, 2.75) is 31.8 Å². The van der Waals surface area contributed by atoms with Crippen molar-refractivity contribution >= 4 is 27.7 Å². The molecule has 0 aliphatic rings. The molecule has 0 saturated carbocycles. The molecule has 1 aromatic heterocycles. The second kappa shape index (κ2) is 6.03. The number of hydrogen-bond donors (Lipinski definition) is 1. The van der Waals surface area contributed by atoms with Crippen LogP contribution in [0.1, 0.15) is 20.8 Å². The maximum absolute atomic E-state index is 4.35. The predicted octanol–water partition coefficient (Wildman–Crippen LogP) is 3.57. The normalized spacial score (nSPS) is 13.8. The van der Waals surface area contributed by atoms with Crippen LogP contribution < -0.4 is 5.32 Å². The number of rotatable bonds is 4. The van der Waals surface area contributed by atoms with Gasteiger partial charge >= 0.3 is 0 Å². The maximum Gasteiger partial charge on any atom is 0.0961 e. The quantitative estimate of drug-likeness (QED) is 0.861. The molecular weight excluding hydrogens is 284 g/mol. The van der Waals surface area contributed by atoms with E-state index in [-0.39, 0.29) is 5.41 Å². The van der Waals surface area contributed by atoms with Gasteiger partial charge in [0.1, 0.15) is 0 Å². The predicted molar refractivity (Wildman–Crippen MR) is 75.0 cm³/mol. The lowest BCUT2D eigenvalue weighted by Crippen LogP contribution is -2.40. The molecule has 1 rings (SSSR count). The third-order valence-electron chi connectivity index (χ3n) is 2.49. The van der Waals surface area contributed by atoms with Crippen molar-refractivity contribution < 1.29 is 0 Å². The number of thioether (sulfide) groups is 1. The molecule has 90 valence electrons. The van der Waals surface area contributed by atoms with Gasteiger partial charge in [-0.15, -0.1) is 11.8 Å². The molecule has 0 aliphatic carbocycles. The molecule has 0 aromatic carbocycles. The Labute approximate surface area is 111 Å². The highest BCUT2D eigenvalue weighted by atomic mass is 79.9. The van der Waals surface area contributed by atoms with E-state index in [2.05, 4.69) is 47.0 Å². The molecule has 0 spiro atoms. The highest BCUT2D eigenvalue weighted by Crippen LogP contribution is 2.25. The van der Waals surface area contributed by atoms with Crippen LogP contribution in [0.5, 0.6) is 0 Å². The molecule has 1 aromatic rings. The van der Waals surface area contributed by atoms with Gasteiger partial charge in [-0.2, -0.15) is 0 Å². The number of hydrogen-bond acceptors (Lipinski definition) is 3. The average molecular weight is 303 g/mol. The second-order valence-corrected chi connectivity index (χ2v) is 6.79. The van der Waals surface area contributed by atoms with E-state index in [1.165, 1.54) is 0 Å². The highest BCUT2D eigenvalue weighted by Gasteiger charge is 2.22. The second-order valence-electron chi connectivity index (χ2n) is 4.83. The zero-order valence-corrected chi connectivity index (χ0v) is 12.7. The summed E-state index contributed by atoms with van der Waals surface area (Å²) in [7, 11) is 2.02. The fourth-order valence-corrected chi connectivity index (χ4v) is 2.91. The Morgan fingerprint density at radius 3 is 2.56 bits per heavy atom. The van der Waals surface area contributed by atoms with E-state index < -0.39 is 0 Å². The summed E-state index contributed by atoms with van der Waals surface area (Å²) in [5.41, 5.74) is 0.275. The number of nitrogens with zero attached hydrogens (tertiary/aromatic N) is 1. The summed E-state index contributed by atoms with van der Waals surface area (Å²) in [5, 5.41) is 4.44. The molecule has 1 N–H and O–H groups in total. The molecule has 0 bridgehead atoms. The molecule has 1 atom stereocenters. The first-order valence-electron chi connectivity index (χ1n) is 5.35. The van der Waals surface area contributed by atoms with Crippen molar-refractivity contribution in [3.8, 4) is 0 Å². The van der Waals surface area contributed by atoms with E-state index in [1.54, 1.807) is 11.8 Å². The molecule has 0 aliphatic heterocycles. The van der Waals surface area contributed by atoms with Gasteiger partial charge in [0.2, 0.25) is 0 Å². The topological polar surface area (TPSA) is 24.9 Å². The van der Waals surface area contributed by atoms with Crippen molar-refractivity contribution in [1.82, 2.24) is 10.3 Å². The number of pyridine rings is 1. The van der Waals surface area contributed by atoms with Crippen molar-refractivity contribution in [2.24, 2.45) is 5.41 Å². The molecule has 4 heteroatoms. The van der Waals surface area contributed by atoms with Gasteiger partial charge in [0.15, 0.2) is 0 Å². The van der Waals surface area contributed by atoms with E-state index in [0.717, 1.165) is 15.3 Å². The van der Waals surface area contributed by atoms with Crippen molar-refractivity contribution in [1.29, 1.82) is 0 Å². The van der Waals surface area contributed by atoms with E-state index in [0.29, 0.717) is 6.04 Å². The first kappa shape index (κ1) is 14.0. The Balaban J connectivity index is 2.53. The number of aromatic nitrogens is 1. The van der Waals surface area contributed by atoms with E-state index >= 15 is 0 Å². The Hall–Kier alpha value is -0.0600. The summed E-state index contributed by atoms with van der Waals surface area (Å²) in [5.74, 6) is 1.04. The van der Waals surface area contributed by atoms with Gasteiger partial charge < -0.3 is 5.32 Å². The zero-order chi connectivity index (χ0) is 12.2. The third kappa shape index (κ3) is 4.44. The minimum absolute atomic E-state index is 0.275. The summed E-state index contributed by atoms with van der Waals surface area (Å²) in [6, 6.07) is 4.56. The lowest BCUT2D eigenvalue weighted by molar-refractivity contribution is 0.305. The lowest BCUT2D eigenvalue weighted by atomic mass is 9.88. The molecule has 1 unspecified atom stereocenters. The van der Waals surface area contributed by atoms with Crippen molar-refractivity contribution in [3.05, 3.63) is 22.8 Å². The minimum atomic E-state index is 0.275. The van der Waals surface area contributed by atoms with Gasteiger partial charge in [-0.05, 0) is 40.5 Å². The van der Waals surface area contributed by atoms with E-state index in [1.807, 2.05) is 25.4 Å². The van der Waals surface area contributed by atoms with Gasteiger partial charge in [0, 0.05) is 22.5 Å². The largest absolute Gasteiger partial charge is 0.316 e. The molecule has 16 heavy (non-hydrogen) atoms. The molecule has 0 fully saturated rings. The van der Waals surface area contributed by atoms with Gasteiger partial charge in [-0.1, -0.05) is 20.8 Å². The monoisotopic (exact) mass is 302 g/mol. The Kier molecular flexibility index (Phi) is 5.28. The van der Waals surface area contributed by atoms with Gasteiger partial charge in [0.25, 0.3) is 0 Å². The third-order valence-corrected chi connectivity index (χ3v) is 4.00. The maximum atomic E-state index is 4.35. The summed E-state index contributed by atoms with van der Waals surface area (Å²) >= 11 is 5.18. The Bertz CT molecular complexity index is 319. The summed E-state index contributed by atoms with van der Waals surface area (Å²) in [6.07, 6.45) is 1.84. The average Bonchev–Trinajstić information content (AvgIpc) is 2.19. The first-order chi connectivity index (χ1) is 7.43. The van der Waals surface area contributed by atoms with Crippen LogP contribution in [0, 0.1) is 5.41 Å². The van der Waals surface area contributed by atoms with E-state index in [4.69, 9.17) is 0 Å². The van der Waals surface area contributed by atoms with Crippen LogP contribution >= 0.6 is 27.7 Å². The minimum Gasteiger partial charge on any atom is -0.316 e. The van der Waals surface area contributed by atoms with Gasteiger partial charge in [0.05, 0.1) is 5.03 Å². The van der Waals surface area contributed by atoms with Crippen LogP contribution in [-0.4, -0.2) is 23.8 Å². The number of halogens is 1. The standard InChI is InChI=1S/C12H19BrN2S/c1-12(2,3)10(14-4)8-16-11-6-5-9(13)7-15-11/h5-7,10,14H,8H2,1-4H3. The summed E-state index contributed by atoms with van der Waals surface area (Å²) in [6.45, 7) is 6.76. The zero-order valence-electron chi connectivity index (χ0n) is 10.2. The first-order valence-corrected chi connectivity index (χ1v) is 7.13. The Morgan fingerprint density at radius 1 is 1.44 bits per heavy atom. The van der Waals surface area contributed by atoms with Crippen LogP contribution in [0.4, 0.5) is 0 Å². The van der Waals surface area contributed by atoms with Crippen LogP contribution in [-0.2, 0) is 0 Å². The van der Waals surface area contributed by atoms with Crippen LogP contribution in [0.3, 0.4) is 0 Å². The molecule has 1 heterocycles. The fraction of sp³-hybridized carbons (Fsp3) is 0.583. The van der Waals surface area contributed by atoms with Crippen LogP contribution in [0.2, 0.25) is 0 Å². The Morgan fingerprint density at radius 2 is 2.12 bits per heavy atom. The van der Waals surface area contributed by atoms with Crippen LogP contribution in [0.15, 0.2) is 27.8 Å². The molecule has 0 radical (unpaired) electrons. The van der Waals surface area contributed by atoms with Crippen molar-refractivity contribution in [2.75, 3.05) is 12.8 Å². The number of nitrogens with one attached hydrogen (secondary N) is 1. The molecular formula is C12H19BrN2S. The summed E-state index contributed by atoms with van der Waals surface area (Å²) in [4.78, 5) is 4.35. The fourth-order valence-electron chi connectivity index (χ4n) is 1.38. The lowest BCUT2D eigenvalue weighted by Gasteiger charge is -2.29. The van der Waals surface area contributed by atoms with Gasteiger partial charge in [-0.3, -0.25) is 0 Å². The van der Waals surface area contributed by atoms with Crippen LogP contribution in [0.25, 0.3) is 0 Å². The SMILES string of the molecule is CNC(CSc1ccc(Br)cn1)C(C)(C)C. The highest BCUT2D eigenvalue weighted by molar-refractivity contribution is 9.10. The van der Waals surface area contributed by atoms with Crippen molar-refractivity contribution in [3.63, 3.8) is 0 Å². The molecule has 2 nitrogen and oxygen atoms in total. The van der Waals surface area contributed by atoms with E-state index in [9.17, 15) is 0 Å². The van der Waals surface area contributed by atoms with Gasteiger partial charge in [-0.25, -0.2) is 4.98 Å². The smallest absolute Gasteiger partial charge is 0.0961 e. The molecule has 0 amide bonds. The molecule has 0 saturated heterocycles. The summed E-state index contributed by atoms with van der Waals surface area (Å²) < 4.78 is 1.03.